The van der Waals surface area contributed by atoms with Crippen LogP contribution >= 0.6 is 11.3 Å². The van der Waals surface area contributed by atoms with Crippen LogP contribution in [0.15, 0.2) is 60.0 Å². The van der Waals surface area contributed by atoms with Gasteiger partial charge in [0, 0.05) is 11.4 Å². The number of anilines is 1. The number of halogens is 1. The lowest BCUT2D eigenvalue weighted by molar-refractivity contribution is 0.0911. The summed E-state index contributed by atoms with van der Waals surface area (Å²) in [4.78, 5) is 29.6. The summed E-state index contributed by atoms with van der Waals surface area (Å²) in [5.41, 5.74) is 0.436. The second-order valence-electron chi connectivity index (χ2n) is 7.78. The summed E-state index contributed by atoms with van der Waals surface area (Å²) in [6.45, 7) is 0.284. The first-order chi connectivity index (χ1) is 16.1. The van der Waals surface area contributed by atoms with E-state index >= 15 is 0 Å². The summed E-state index contributed by atoms with van der Waals surface area (Å²) >= 11 is 1.36. The highest BCUT2D eigenvalue weighted by atomic mass is 32.1. The maximum absolute atomic E-state index is 13.8. The monoisotopic (exact) mass is 468 g/mol. The van der Waals surface area contributed by atoms with E-state index in [4.69, 9.17) is 4.74 Å². The van der Waals surface area contributed by atoms with Gasteiger partial charge < -0.3 is 20.7 Å². The minimum absolute atomic E-state index is 0.110. The van der Waals surface area contributed by atoms with Gasteiger partial charge in [0.25, 0.3) is 5.91 Å². The van der Waals surface area contributed by atoms with E-state index in [2.05, 4.69) is 20.9 Å². The Balaban J connectivity index is 1.32. The van der Waals surface area contributed by atoms with Crippen molar-refractivity contribution >= 4 is 29.0 Å². The molecule has 0 spiro atoms. The smallest absolute Gasteiger partial charge is 0.319 e. The van der Waals surface area contributed by atoms with Crippen molar-refractivity contribution in [3.63, 3.8) is 0 Å². The fourth-order valence-electron chi connectivity index (χ4n) is 3.75. The molecule has 1 aliphatic carbocycles. The van der Waals surface area contributed by atoms with E-state index in [1.807, 2.05) is 30.3 Å². The quantitative estimate of drug-likeness (QED) is 0.468. The number of thiazole rings is 1. The van der Waals surface area contributed by atoms with Gasteiger partial charge in [-0.1, -0.05) is 43.2 Å². The number of hydrogen-bond donors (Lipinski definition) is 3. The molecule has 3 aromatic rings. The first-order valence-electron chi connectivity index (χ1n) is 10.8. The number of para-hydroxylation sites is 2. The van der Waals surface area contributed by atoms with Gasteiger partial charge in [0.05, 0.1) is 11.7 Å². The molecular formula is C24H25FN4O3S. The summed E-state index contributed by atoms with van der Waals surface area (Å²) in [6.07, 6.45) is 3.35. The van der Waals surface area contributed by atoms with Gasteiger partial charge in [-0.05, 0) is 37.1 Å². The van der Waals surface area contributed by atoms with Crippen LogP contribution in [0.25, 0.3) is 0 Å². The molecule has 4 rings (SSSR count). The first kappa shape index (κ1) is 22.7. The minimum atomic E-state index is -0.503. The van der Waals surface area contributed by atoms with Crippen LogP contribution in [0.2, 0.25) is 0 Å². The Morgan fingerprint density at radius 2 is 1.70 bits per heavy atom. The summed E-state index contributed by atoms with van der Waals surface area (Å²) in [7, 11) is 0. The predicted octanol–water partition coefficient (Wildman–Crippen LogP) is 4.72. The fraction of sp³-hybridized carbons (Fsp3) is 0.292. The summed E-state index contributed by atoms with van der Waals surface area (Å²) in [5.74, 6) is -0.0503. The van der Waals surface area contributed by atoms with Crippen molar-refractivity contribution in [3.05, 3.63) is 76.5 Å². The lowest BCUT2D eigenvalue weighted by Gasteiger charge is -2.32. The number of benzene rings is 2. The van der Waals surface area contributed by atoms with Gasteiger partial charge in [-0.25, -0.2) is 14.2 Å². The zero-order chi connectivity index (χ0) is 23.0. The van der Waals surface area contributed by atoms with Gasteiger partial charge in [-0.3, -0.25) is 4.79 Å². The fourth-order valence-corrected chi connectivity index (χ4v) is 4.44. The van der Waals surface area contributed by atoms with E-state index in [-0.39, 0.29) is 30.3 Å². The molecule has 2 aromatic carbocycles. The first-order valence-corrected chi connectivity index (χ1v) is 11.7. The Morgan fingerprint density at radius 3 is 2.45 bits per heavy atom. The molecule has 7 nitrogen and oxygen atoms in total. The van der Waals surface area contributed by atoms with Gasteiger partial charge in [0.2, 0.25) is 0 Å². The van der Waals surface area contributed by atoms with Crippen LogP contribution in [0.5, 0.6) is 5.75 Å². The summed E-state index contributed by atoms with van der Waals surface area (Å²) in [5, 5.41) is 10.8. The van der Waals surface area contributed by atoms with Gasteiger partial charge in [0.1, 0.15) is 28.9 Å². The summed E-state index contributed by atoms with van der Waals surface area (Å²) in [6, 6.07) is 14.4. The molecule has 3 N–H and O–H groups in total. The van der Waals surface area contributed by atoms with E-state index in [0.717, 1.165) is 31.4 Å². The Labute approximate surface area is 195 Å². The minimum Gasteiger partial charge on any atom is -0.486 e. The number of rotatable bonds is 7. The third-order valence-corrected chi connectivity index (χ3v) is 6.23. The Kier molecular flexibility index (Phi) is 7.51. The molecule has 1 fully saturated rings. The van der Waals surface area contributed by atoms with Gasteiger partial charge in [0.15, 0.2) is 0 Å². The molecule has 0 saturated heterocycles. The number of nitrogens with one attached hydrogen (secondary N) is 3. The molecule has 1 aromatic heterocycles. The van der Waals surface area contributed by atoms with Crippen LogP contribution in [0.1, 0.15) is 41.2 Å². The van der Waals surface area contributed by atoms with E-state index in [1.165, 1.54) is 23.5 Å². The molecule has 33 heavy (non-hydrogen) atoms. The van der Waals surface area contributed by atoms with Gasteiger partial charge >= 0.3 is 6.03 Å². The Bertz CT molecular complexity index is 1090. The number of amides is 3. The molecule has 3 amide bonds. The largest absolute Gasteiger partial charge is 0.486 e. The zero-order valence-electron chi connectivity index (χ0n) is 17.9. The van der Waals surface area contributed by atoms with Crippen LogP contribution in [0.3, 0.4) is 0 Å². The second kappa shape index (κ2) is 10.9. The number of nitrogens with zero attached hydrogens (tertiary/aromatic N) is 1. The van der Waals surface area contributed by atoms with Crippen molar-refractivity contribution in [3.8, 4) is 5.75 Å². The third-order valence-electron chi connectivity index (χ3n) is 5.41. The molecule has 9 heteroatoms. The molecule has 1 saturated carbocycles. The SMILES string of the molecule is O=C(Nc1ccccc1F)N[C@H]1CCCC[C@@H]1NC(=O)c1csc(COc2ccccc2)n1. The second-order valence-corrected chi connectivity index (χ2v) is 8.72. The average Bonchev–Trinajstić information content (AvgIpc) is 3.30. The van der Waals surface area contributed by atoms with E-state index < -0.39 is 11.8 Å². The number of ether oxygens (including phenoxy) is 1. The maximum Gasteiger partial charge on any atom is 0.319 e. The highest BCUT2D eigenvalue weighted by Gasteiger charge is 2.29. The van der Waals surface area contributed by atoms with E-state index in [9.17, 15) is 14.0 Å². The van der Waals surface area contributed by atoms with Crippen LogP contribution in [0.4, 0.5) is 14.9 Å². The van der Waals surface area contributed by atoms with E-state index in [1.54, 1.807) is 17.5 Å². The van der Waals surface area contributed by atoms with E-state index in [0.29, 0.717) is 10.7 Å². The van der Waals surface area contributed by atoms with Crippen LogP contribution < -0.4 is 20.7 Å². The molecular weight excluding hydrogens is 443 g/mol. The summed E-state index contributed by atoms with van der Waals surface area (Å²) < 4.78 is 19.5. The van der Waals surface area contributed by atoms with Crippen molar-refractivity contribution in [2.45, 2.75) is 44.4 Å². The van der Waals surface area contributed by atoms with Crippen molar-refractivity contribution < 1.29 is 18.7 Å². The highest BCUT2D eigenvalue weighted by molar-refractivity contribution is 7.09. The van der Waals surface area contributed by atoms with Crippen molar-refractivity contribution in [1.29, 1.82) is 0 Å². The van der Waals surface area contributed by atoms with Gasteiger partial charge in [-0.2, -0.15) is 0 Å². The molecule has 0 unspecified atom stereocenters. The Morgan fingerprint density at radius 1 is 1.00 bits per heavy atom. The molecule has 172 valence electrons. The van der Waals surface area contributed by atoms with Crippen LogP contribution in [0, 0.1) is 5.82 Å². The molecule has 1 aliphatic rings. The molecule has 1 heterocycles. The predicted molar refractivity (Wildman–Crippen MR) is 125 cm³/mol. The number of aromatic nitrogens is 1. The van der Waals surface area contributed by atoms with Crippen LogP contribution in [-0.2, 0) is 6.61 Å². The topological polar surface area (TPSA) is 92.4 Å². The average molecular weight is 469 g/mol. The highest BCUT2D eigenvalue weighted by Crippen LogP contribution is 2.21. The molecule has 0 aliphatic heterocycles. The number of urea groups is 1. The van der Waals surface area contributed by atoms with Crippen molar-refractivity contribution in [2.24, 2.45) is 0 Å². The lowest BCUT2D eigenvalue weighted by atomic mass is 9.90. The zero-order valence-corrected chi connectivity index (χ0v) is 18.7. The van der Waals surface area contributed by atoms with Crippen molar-refractivity contribution in [2.75, 3.05) is 5.32 Å². The molecule has 0 radical (unpaired) electrons. The maximum atomic E-state index is 13.8. The van der Waals surface area contributed by atoms with Crippen molar-refractivity contribution in [1.82, 2.24) is 15.6 Å². The normalized spacial score (nSPS) is 17.7. The third kappa shape index (κ3) is 6.29. The number of carbonyl (C=O) groups excluding carboxylic acids is 2. The molecule has 0 bridgehead atoms. The standard InChI is InChI=1S/C24H25FN4O3S/c25-17-10-4-5-11-18(17)28-24(31)29-20-13-7-6-12-19(20)27-23(30)21-15-33-22(26-21)14-32-16-8-2-1-3-9-16/h1-5,8-11,15,19-20H,6-7,12-14H2,(H,27,30)(H2,28,29,31)/t19-,20-/m0/s1. The van der Waals surface area contributed by atoms with Crippen LogP contribution in [-0.4, -0.2) is 29.0 Å². The molecule has 2 atom stereocenters. The Hall–Kier alpha value is -3.46. The number of hydrogen-bond acceptors (Lipinski definition) is 5. The van der Waals surface area contributed by atoms with Gasteiger partial charge in [-0.15, -0.1) is 11.3 Å². The number of carbonyl (C=O) groups is 2. The lowest BCUT2D eigenvalue weighted by Crippen LogP contribution is -2.54.